The second-order valence-electron chi connectivity index (χ2n) is 7.00. The van der Waals surface area contributed by atoms with E-state index in [9.17, 15) is 9.90 Å². The quantitative estimate of drug-likeness (QED) is 0.743. The van der Waals surface area contributed by atoms with Gasteiger partial charge in [0, 0.05) is 38.1 Å². The molecule has 1 aromatic carbocycles. The van der Waals surface area contributed by atoms with E-state index in [2.05, 4.69) is 15.2 Å². The summed E-state index contributed by atoms with van der Waals surface area (Å²) in [5.41, 5.74) is 2.28. The number of nitrogens with zero attached hydrogens (tertiary/aromatic N) is 4. The first-order valence-corrected chi connectivity index (χ1v) is 9.18. The molecule has 0 spiro atoms. The minimum absolute atomic E-state index is 0.0208. The second-order valence-corrected chi connectivity index (χ2v) is 7.00. The average Bonchev–Trinajstić information content (AvgIpc) is 3.37. The van der Waals surface area contributed by atoms with Gasteiger partial charge in [0.1, 0.15) is 11.9 Å². The molecule has 0 radical (unpaired) electrons. The number of H-pyrrole nitrogens is 1. The molecule has 1 atom stereocenters. The van der Waals surface area contributed by atoms with Crippen LogP contribution in [0.4, 0.5) is 0 Å². The predicted molar refractivity (Wildman–Crippen MR) is 101 cm³/mol. The highest BCUT2D eigenvalue weighted by Crippen LogP contribution is 2.31. The number of piperidine rings is 1. The molecular weight excluding hydrogens is 342 g/mol. The van der Waals surface area contributed by atoms with Crippen LogP contribution in [0.1, 0.15) is 35.1 Å². The number of likely N-dealkylation sites (tertiary alicyclic amines) is 1. The van der Waals surface area contributed by atoms with Gasteiger partial charge in [0.15, 0.2) is 0 Å². The number of aliphatic hydroxyl groups excluding tert-OH is 1. The monoisotopic (exact) mass is 365 g/mol. The van der Waals surface area contributed by atoms with Crippen molar-refractivity contribution in [1.82, 2.24) is 24.6 Å². The third kappa shape index (κ3) is 3.38. The fourth-order valence-corrected chi connectivity index (χ4v) is 3.73. The number of aryl methyl sites for hydroxylation is 1. The van der Waals surface area contributed by atoms with Crippen LogP contribution in [0.2, 0.25) is 0 Å². The smallest absolute Gasteiger partial charge is 0.257 e. The first-order chi connectivity index (χ1) is 13.1. The zero-order valence-electron chi connectivity index (χ0n) is 15.2. The largest absolute Gasteiger partial charge is 0.385 e. The molecule has 1 aliphatic rings. The molecular formula is C20H23N5O2. The first kappa shape index (κ1) is 17.5. The van der Waals surface area contributed by atoms with Crippen LogP contribution in [0.25, 0.3) is 11.3 Å². The molecule has 4 rings (SSSR count). The van der Waals surface area contributed by atoms with Gasteiger partial charge in [0.05, 0.1) is 17.5 Å². The van der Waals surface area contributed by atoms with E-state index >= 15 is 0 Å². The van der Waals surface area contributed by atoms with Crippen LogP contribution in [0.3, 0.4) is 0 Å². The number of aromatic nitrogens is 4. The molecule has 0 saturated carbocycles. The number of imidazole rings is 1. The van der Waals surface area contributed by atoms with Gasteiger partial charge >= 0.3 is 0 Å². The van der Waals surface area contributed by atoms with Crippen molar-refractivity contribution in [3.05, 3.63) is 60.3 Å². The average molecular weight is 365 g/mol. The topological polar surface area (TPSA) is 87.0 Å². The number of amides is 1. The zero-order chi connectivity index (χ0) is 18.8. The number of benzene rings is 1. The van der Waals surface area contributed by atoms with Gasteiger partial charge in [-0.2, -0.15) is 5.10 Å². The zero-order valence-corrected chi connectivity index (χ0v) is 15.2. The van der Waals surface area contributed by atoms with Gasteiger partial charge in [-0.3, -0.25) is 9.89 Å². The summed E-state index contributed by atoms with van der Waals surface area (Å²) in [4.78, 5) is 19.1. The number of nitrogens with one attached hydrogen (secondary N) is 1. The molecule has 0 unspecified atom stereocenters. The predicted octanol–water partition coefficient (Wildman–Crippen LogP) is 2.40. The lowest BCUT2D eigenvalue weighted by Gasteiger charge is -2.34. The first-order valence-electron chi connectivity index (χ1n) is 9.18. The van der Waals surface area contributed by atoms with E-state index in [0.717, 1.165) is 24.1 Å². The Morgan fingerprint density at radius 2 is 2.00 bits per heavy atom. The number of hydrogen-bond donors (Lipinski definition) is 2. The van der Waals surface area contributed by atoms with Crippen molar-refractivity contribution in [3.63, 3.8) is 0 Å². The Bertz CT molecular complexity index is 909. The number of hydrogen-bond acceptors (Lipinski definition) is 4. The lowest BCUT2D eigenvalue weighted by Crippen LogP contribution is -2.40. The number of aromatic amines is 1. The summed E-state index contributed by atoms with van der Waals surface area (Å²) in [5.74, 6) is 0.765. The van der Waals surface area contributed by atoms with E-state index < -0.39 is 6.10 Å². The third-order valence-corrected chi connectivity index (χ3v) is 5.33. The molecule has 3 aromatic rings. The molecule has 1 saturated heterocycles. The van der Waals surface area contributed by atoms with E-state index in [-0.39, 0.29) is 11.8 Å². The highest BCUT2D eigenvalue weighted by molar-refractivity contribution is 5.99. The summed E-state index contributed by atoms with van der Waals surface area (Å²) in [6.07, 6.45) is 6.02. The van der Waals surface area contributed by atoms with E-state index in [0.29, 0.717) is 24.5 Å². The fourth-order valence-electron chi connectivity index (χ4n) is 3.73. The third-order valence-electron chi connectivity index (χ3n) is 5.33. The minimum Gasteiger partial charge on any atom is -0.385 e. The highest BCUT2D eigenvalue weighted by Gasteiger charge is 2.31. The van der Waals surface area contributed by atoms with E-state index in [1.54, 1.807) is 12.4 Å². The molecule has 0 bridgehead atoms. The van der Waals surface area contributed by atoms with Gasteiger partial charge < -0.3 is 14.6 Å². The minimum atomic E-state index is -0.601. The highest BCUT2D eigenvalue weighted by atomic mass is 16.3. The van der Waals surface area contributed by atoms with Crippen molar-refractivity contribution < 1.29 is 9.90 Å². The normalized spacial score (nSPS) is 16.4. The van der Waals surface area contributed by atoms with Crippen molar-refractivity contribution >= 4 is 5.91 Å². The summed E-state index contributed by atoms with van der Waals surface area (Å²) in [6, 6.07) is 9.74. The van der Waals surface area contributed by atoms with Crippen LogP contribution >= 0.6 is 0 Å². The number of carbonyl (C=O) groups is 1. The van der Waals surface area contributed by atoms with Crippen LogP contribution in [0.5, 0.6) is 0 Å². The van der Waals surface area contributed by atoms with Crippen molar-refractivity contribution in [3.8, 4) is 11.3 Å². The fraction of sp³-hybridized carbons (Fsp3) is 0.350. The molecule has 1 fully saturated rings. The Hall–Kier alpha value is -2.93. The number of carbonyl (C=O) groups excluding carboxylic acids is 1. The molecule has 27 heavy (non-hydrogen) atoms. The maximum absolute atomic E-state index is 13.0. The van der Waals surface area contributed by atoms with Gasteiger partial charge in [-0.15, -0.1) is 0 Å². The van der Waals surface area contributed by atoms with E-state index in [1.807, 2.05) is 53.0 Å². The van der Waals surface area contributed by atoms with Crippen LogP contribution in [-0.4, -0.2) is 48.8 Å². The van der Waals surface area contributed by atoms with Crippen molar-refractivity contribution in [2.75, 3.05) is 13.1 Å². The molecule has 7 nitrogen and oxygen atoms in total. The lowest BCUT2D eigenvalue weighted by atomic mass is 9.90. The Kier molecular flexibility index (Phi) is 4.77. The maximum Gasteiger partial charge on any atom is 0.257 e. The number of aliphatic hydroxyl groups is 1. The number of rotatable bonds is 4. The molecule has 0 aliphatic carbocycles. The van der Waals surface area contributed by atoms with Crippen LogP contribution in [0.15, 0.2) is 48.9 Å². The van der Waals surface area contributed by atoms with Crippen LogP contribution in [-0.2, 0) is 7.05 Å². The maximum atomic E-state index is 13.0. The lowest BCUT2D eigenvalue weighted by molar-refractivity contribution is 0.0420. The standard InChI is InChI=1S/C20H23N5O2/c1-24-12-9-21-19(24)18(26)15-7-10-25(11-8-15)20(27)16-13-22-23-17(16)14-5-3-2-4-6-14/h2-6,9,12-13,15,18,26H,7-8,10-11H2,1H3,(H,22,23)/t18-/m1/s1. The summed E-state index contributed by atoms with van der Waals surface area (Å²) in [5, 5.41) is 17.6. The molecule has 7 heteroatoms. The molecule has 140 valence electrons. The summed E-state index contributed by atoms with van der Waals surface area (Å²) < 4.78 is 1.85. The van der Waals surface area contributed by atoms with Crippen molar-refractivity contribution in [2.24, 2.45) is 13.0 Å². The Balaban J connectivity index is 1.44. The molecule has 1 amide bonds. The Labute approximate surface area is 157 Å². The van der Waals surface area contributed by atoms with Crippen LogP contribution in [0, 0.1) is 5.92 Å². The van der Waals surface area contributed by atoms with Gasteiger partial charge in [0.2, 0.25) is 0 Å². The SMILES string of the molecule is Cn1ccnc1[C@H](O)C1CCN(C(=O)c2cn[nH]c2-c2ccccc2)CC1. The van der Waals surface area contributed by atoms with Gasteiger partial charge in [-0.05, 0) is 18.8 Å². The van der Waals surface area contributed by atoms with Gasteiger partial charge in [0.25, 0.3) is 5.91 Å². The van der Waals surface area contributed by atoms with Gasteiger partial charge in [-0.1, -0.05) is 30.3 Å². The van der Waals surface area contributed by atoms with Crippen LogP contribution < -0.4 is 0 Å². The van der Waals surface area contributed by atoms with Crippen molar-refractivity contribution in [1.29, 1.82) is 0 Å². The molecule has 2 N–H and O–H groups in total. The Morgan fingerprint density at radius 3 is 2.67 bits per heavy atom. The van der Waals surface area contributed by atoms with E-state index in [4.69, 9.17) is 0 Å². The molecule has 3 heterocycles. The summed E-state index contributed by atoms with van der Waals surface area (Å²) >= 11 is 0. The summed E-state index contributed by atoms with van der Waals surface area (Å²) in [7, 11) is 1.88. The Morgan fingerprint density at radius 1 is 1.26 bits per heavy atom. The van der Waals surface area contributed by atoms with Crippen molar-refractivity contribution in [2.45, 2.75) is 18.9 Å². The molecule has 1 aliphatic heterocycles. The summed E-state index contributed by atoms with van der Waals surface area (Å²) in [6.45, 7) is 1.23. The molecule has 2 aromatic heterocycles. The van der Waals surface area contributed by atoms with E-state index in [1.165, 1.54) is 0 Å². The van der Waals surface area contributed by atoms with Gasteiger partial charge in [-0.25, -0.2) is 4.98 Å². The second kappa shape index (κ2) is 7.36.